The van der Waals surface area contributed by atoms with Crippen LogP contribution in [0.3, 0.4) is 0 Å². The highest BCUT2D eigenvalue weighted by atomic mass is 35.5. The van der Waals surface area contributed by atoms with Gasteiger partial charge in [0.25, 0.3) is 0 Å². The Balaban J connectivity index is 1.74. The molecule has 1 aromatic heterocycles. The molecule has 1 aliphatic rings. The molecule has 156 valence electrons. The molecule has 2 aromatic carbocycles. The number of thiophene rings is 1. The van der Waals surface area contributed by atoms with Crippen LogP contribution in [0.1, 0.15) is 4.88 Å². The molecule has 0 radical (unpaired) electrons. The molecule has 30 heavy (non-hydrogen) atoms. The minimum Gasteiger partial charge on any atom is -0.495 e. The van der Waals surface area contributed by atoms with Gasteiger partial charge in [0.05, 0.1) is 35.5 Å². The van der Waals surface area contributed by atoms with Crippen molar-refractivity contribution < 1.29 is 13.9 Å². The molecule has 2 heterocycles. The lowest BCUT2D eigenvalue weighted by atomic mass is 10.2. The number of methoxy groups -OCH3 is 2. The van der Waals surface area contributed by atoms with Crippen LogP contribution in [0.25, 0.3) is 0 Å². The van der Waals surface area contributed by atoms with Crippen LogP contribution in [0, 0.1) is 5.82 Å². The summed E-state index contributed by atoms with van der Waals surface area (Å²) < 4.78 is 24.2. The molecular weight excluding hydrogens is 472 g/mol. The Labute approximate surface area is 191 Å². The lowest BCUT2D eigenvalue weighted by molar-refractivity contribution is 0.395. The summed E-state index contributed by atoms with van der Waals surface area (Å²) in [7, 11) is 3.05. The zero-order chi connectivity index (χ0) is 21.4. The Hall–Kier alpha value is -2.19. The number of fused-ring (bicyclic) bond motifs is 1. The monoisotopic (exact) mass is 485 g/mol. The third-order valence-corrected chi connectivity index (χ3v) is 6.45. The number of rotatable bonds is 4. The maximum Gasteiger partial charge on any atom is 0.146 e. The molecule has 0 bridgehead atoms. The fourth-order valence-electron chi connectivity index (χ4n) is 3.09. The van der Waals surface area contributed by atoms with Crippen LogP contribution in [0.2, 0.25) is 15.1 Å². The number of hydrogen-bond donors (Lipinski definition) is 1. The van der Waals surface area contributed by atoms with Gasteiger partial charge in [-0.3, -0.25) is 0 Å². The standard InChI is InChI=1S/C20H15Cl3FN3O2S/c1-28-14-8-15(29-2)17(23)18(16(14)22)27-9-25-20(19-13(27)5-6-30-19)26-10-3-4-12(24)11(21)7-10/h3-8H,9H2,1-2H3,(H,25,26). The summed E-state index contributed by atoms with van der Waals surface area (Å²) in [4.78, 5) is 7.41. The summed E-state index contributed by atoms with van der Waals surface area (Å²) in [5.74, 6) is 1.05. The van der Waals surface area contributed by atoms with E-state index in [1.807, 2.05) is 16.3 Å². The van der Waals surface area contributed by atoms with Crippen molar-refractivity contribution in [2.45, 2.75) is 0 Å². The molecule has 0 spiro atoms. The van der Waals surface area contributed by atoms with Gasteiger partial charge in [0.15, 0.2) is 0 Å². The summed E-state index contributed by atoms with van der Waals surface area (Å²) >= 11 is 20.6. The summed E-state index contributed by atoms with van der Waals surface area (Å²) in [6, 6.07) is 8.01. The van der Waals surface area contributed by atoms with E-state index in [0.717, 1.165) is 10.6 Å². The highest BCUT2D eigenvalue weighted by Crippen LogP contribution is 2.49. The highest BCUT2D eigenvalue weighted by molar-refractivity contribution is 7.13. The van der Waals surface area contributed by atoms with E-state index in [1.54, 1.807) is 12.1 Å². The first-order valence-corrected chi connectivity index (χ1v) is 10.7. The molecule has 10 heteroatoms. The topological polar surface area (TPSA) is 46.1 Å². The van der Waals surface area contributed by atoms with Gasteiger partial charge in [-0.2, -0.15) is 0 Å². The SMILES string of the molecule is COc1cc(OC)c(Cl)c(N2CN=C(Nc3ccc(F)c(Cl)c3)c3sccc32)c1Cl. The van der Waals surface area contributed by atoms with Crippen LogP contribution in [-0.4, -0.2) is 26.7 Å². The second kappa shape index (κ2) is 8.51. The molecule has 3 aromatic rings. The average molecular weight is 487 g/mol. The predicted molar refractivity (Wildman–Crippen MR) is 122 cm³/mol. The number of nitrogens with one attached hydrogen (secondary N) is 1. The third kappa shape index (κ3) is 3.67. The highest BCUT2D eigenvalue weighted by Gasteiger charge is 2.29. The summed E-state index contributed by atoms with van der Waals surface area (Å²) in [5.41, 5.74) is 2.04. The molecule has 1 aliphatic heterocycles. The molecule has 0 unspecified atom stereocenters. The van der Waals surface area contributed by atoms with Crippen molar-refractivity contribution in [3.05, 3.63) is 61.5 Å². The van der Waals surface area contributed by atoms with Crippen molar-refractivity contribution in [3.8, 4) is 11.5 Å². The number of ether oxygens (including phenoxy) is 2. The Morgan fingerprint density at radius 2 is 1.77 bits per heavy atom. The van der Waals surface area contributed by atoms with Crippen molar-refractivity contribution >= 4 is 69.0 Å². The normalized spacial score (nSPS) is 13.0. The molecule has 0 aliphatic carbocycles. The van der Waals surface area contributed by atoms with Crippen LogP contribution >= 0.6 is 46.1 Å². The fraction of sp³-hybridized carbons (Fsp3) is 0.150. The smallest absolute Gasteiger partial charge is 0.146 e. The first-order chi connectivity index (χ1) is 14.4. The van der Waals surface area contributed by atoms with Crippen LogP contribution in [0.15, 0.2) is 40.7 Å². The lowest BCUT2D eigenvalue weighted by Crippen LogP contribution is -2.28. The lowest BCUT2D eigenvalue weighted by Gasteiger charge is -2.30. The Kier molecular flexibility index (Phi) is 5.97. The zero-order valence-corrected chi connectivity index (χ0v) is 18.9. The second-order valence-corrected chi connectivity index (χ2v) is 8.30. The average Bonchev–Trinajstić information content (AvgIpc) is 3.23. The first-order valence-electron chi connectivity index (χ1n) is 8.66. The van der Waals surface area contributed by atoms with Crippen molar-refractivity contribution in [2.75, 3.05) is 31.1 Å². The summed E-state index contributed by atoms with van der Waals surface area (Å²) in [6.07, 6.45) is 0. The van der Waals surface area contributed by atoms with E-state index in [4.69, 9.17) is 44.3 Å². The number of halogens is 4. The molecule has 5 nitrogen and oxygen atoms in total. The Bertz CT molecular complexity index is 1120. The number of hydrogen-bond acceptors (Lipinski definition) is 6. The molecule has 0 amide bonds. The van der Waals surface area contributed by atoms with Crippen LogP contribution < -0.4 is 19.7 Å². The van der Waals surface area contributed by atoms with Crippen molar-refractivity contribution in [3.63, 3.8) is 0 Å². The number of benzene rings is 2. The first kappa shape index (κ1) is 21.1. The molecule has 0 saturated carbocycles. The minimum atomic E-state index is -0.480. The van der Waals surface area contributed by atoms with Gasteiger partial charge < -0.3 is 19.7 Å². The Morgan fingerprint density at radius 3 is 2.40 bits per heavy atom. The van der Waals surface area contributed by atoms with Gasteiger partial charge in [-0.05, 0) is 29.6 Å². The van der Waals surface area contributed by atoms with Gasteiger partial charge in [-0.15, -0.1) is 11.3 Å². The van der Waals surface area contributed by atoms with Crippen LogP contribution in [0.5, 0.6) is 11.5 Å². The Morgan fingerprint density at radius 1 is 1.07 bits per heavy atom. The van der Waals surface area contributed by atoms with Gasteiger partial charge >= 0.3 is 0 Å². The quantitative estimate of drug-likeness (QED) is 0.439. The molecule has 4 rings (SSSR count). The van der Waals surface area contributed by atoms with Crippen LogP contribution in [0.4, 0.5) is 21.5 Å². The number of nitrogens with zero attached hydrogens (tertiary/aromatic N) is 2. The molecule has 0 fully saturated rings. The largest absolute Gasteiger partial charge is 0.495 e. The maximum atomic E-state index is 13.5. The van der Waals surface area contributed by atoms with E-state index in [0.29, 0.717) is 38.8 Å². The van der Waals surface area contributed by atoms with Gasteiger partial charge in [-0.1, -0.05) is 34.8 Å². The van der Waals surface area contributed by atoms with E-state index in [1.165, 1.54) is 37.7 Å². The number of aliphatic imine (C=N–C) groups is 1. The van der Waals surface area contributed by atoms with Gasteiger partial charge in [0, 0.05) is 11.8 Å². The number of anilines is 3. The van der Waals surface area contributed by atoms with E-state index < -0.39 is 5.82 Å². The molecule has 0 saturated heterocycles. The van der Waals surface area contributed by atoms with Gasteiger partial charge in [-0.25, -0.2) is 9.38 Å². The van der Waals surface area contributed by atoms with E-state index in [9.17, 15) is 4.39 Å². The van der Waals surface area contributed by atoms with Crippen LogP contribution in [-0.2, 0) is 0 Å². The minimum absolute atomic E-state index is 0.0338. The molecule has 0 atom stereocenters. The summed E-state index contributed by atoms with van der Waals surface area (Å²) in [6.45, 7) is 0.247. The van der Waals surface area contributed by atoms with Crippen molar-refractivity contribution in [2.24, 2.45) is 4.99 Å². The zero-order valence-electron chi connectivity index (χ0n) is 15.8. The van der Waals surface area contributed by atoms with Gasteiger partial charge in [0.1, 0.15) is 39.9 Å². The second-order valence-electron chi connectivity index (χ2n) is 6.22. The third-order valence-electron chi connectivity index (χ3n) is 4.52. The van der Waals surface area contributed by atoms with Crippen molar-refractivity contribution in [1.82, 2.24) is 0 Å². The van der Waals surface area contributed by atoms with E-state index in [2.05, 4.69) is 10.3 Å². The van der Waals surface area contributed by atoms with E-state index >= 15 is 0 Å². The number of amidine groups is 1. The van der Waals surface area contributed by atoms with E-state index in [-0.39, 0.29) is 11.7 Å². The van der Waals surface area contributed by atoms with Gasteiger partial charge in [0.2, 0.25) is 0 Å². The van der Waals surface area contributed by atoms with Crippen molar-refractivity contribution in [1.29, 1.82) is 0 Å². The fourth-order valence-corrected chi connectivity index (χ4v) is 4.83. The maximum absolute atomic E-state index is 13.5. The summed E-state index contributed by atoms with van der Waals surface area (Å²) in [5, 5.41) is 5.90. The molecular formula is C20H15Cl3FN3O2S. The molecule has 1 N–H and O–H groups in total. The predicted octanol–water partition coefficient (Wildman–Crippen LogP) is 6.83.